The minimum absolute atomic E-state index is 0.0163. The van der Waals surface area contributed by atoms with E-state index in [9.17, 15) is 17.6 Å². The van der Waals surface area contributed by atoms with Crippen molar-refractivity contribution in [3.05, 3.63) is 63.9 Å². The first-order valence-electron chi connectivity index (χ1n) is 6.97. The Hall–Kier alpha value is -1.63. The quantitative estimate of drug-likeness (QED) is 0.767. The molecule has 0 bridgehead atoms. The van der Waals surface area contributed by atoms with Gasteiger partial charge in [0.1, 0.15) is 5.82 Å². The zero-order chi connectivity index (χ0) is 17.7. The third kappa shape index (κ3) is 5.19. The maximum absolute atomic E-state index is 12.8. The molecule has 0 radical (unpaired) electrons. The van der Waals surface area contributed by atoms with E-state index in [1.807, 2.05) is 0 Å². The molecule has 0 aromatic heterocycles. The van der Waals surface area contributed by atoms with Gasteiger partial charge in [-0.2, -0.15) is 0 Å². The maximum Gasteiger partial charge on any atom is 0.221 e. The number of hydrogen-bond donors (Lipinski definition) is 1. The minimum atomic E-state index is -3.64. The maximum atomic E-state index is 12.8. The van der Waals surface area contributed by atoms with Gasteiger partial charge in [-0.25, -0.2) is 12.8 Å². The summed E-state index contributed by atoms with van der Waals surface area (Å²) >= 11 is 11.8. The number of rotatable bonds is 6. The van der Waals surface area contributed by atoms with Crippen molar-refractivity contribution in [3.8, 4) is 0 Å². The predicted molar refractivity (Wildman–Crippen MR) is 91.4 cm³/mol. The van der Waals surface area contributed by atoms with E-state index in [0.29, 0.717) is 15.6 Å². The van der Waals surface area contributed by atoms with Crippen molar-refractivity contribution in [1.82, 2.24) is 5.32 Å². The Morgan fingerprint density at radius 3 is 2.38 bits per heavy atom. The molecule has 0 saturated carbocycles. The summed E-state index contributed by atoms with van der Waals surface area (Å²) in [7, 11) is -3.64. The van der Waals surface area contributed by atoms with Crippen LogP contribution < -0.4 is 5.32 Å². The standard InChI is InChI=1S/C16H14Cl2FNO3S/c17-12-2-1-11(15(18)9-12)10-20-16(21)7-8-24(22,23)14-5-3-13(19)4-6-14/h1-6,9H,7-8,10H2,(H,20,21). The van der Waals surface area contributed by atoms with Gasteiger partial charge in [-0.05, 0) is 42.0 Å². The highest BCUT2D eigenvalue weighted by Crippen LogP contribution is 2.20. The van der Waals surface area contributed by atoms with Gasteiger partial charge in [-0.1, -0.05) is 29.3 Å². The highest BCUT2D eigenvalue weighted by Gasteiger charge is 2.16. The number of nitrogens with one attached hydrogen (secondary N) is 1. The van der Waals surface area contributed by atoms with Crippen LogP contribution in [0.3, 0.4) is 0 Å². The van der Waals surface area contributed by atoms with Crippen LogP contribution in [-0.4, -0.2) is 20.1 Å². The van der Waals surface area contributed by atoms with E-state index >= 15 is 0 Å². The molecule has 0 aliphatic rings. The topological polar surface area (TPSA) is 63.2 Å². The van der Waals surface area contributed by atoms with Gasteiger partial charge in [-0.3, -0.25) is 4.79 Å². The molecular weight excluding hydrogens is 376 g/mol. The average molecular weight is 390 g/mol. The van der Waals surface area contributed by atoms with Crippen molar-refractivity contribution in [2.24, 2.45) is 0 Å². The molecule has 0 atom stereocenters. The van der Waals surface area contributed by atoms with Crippen molar-refractivity contribution in [3.63, 3.8) is 0 Å². The third-order valence-corrected chi connectivity index (χ3v) is 5.58. The number of amides is 1. The summed E-state index contributed by atoms with van der Waals surface area (Å²) in [6.07, 6.45) is -0.203. The van der Waals surface area contributed by atoms with Crippen LogP contribution in [0.25, 0.3) is 0 Å². The number of hydrogen-bond acceptors (Lipinski definition) is 3. The van der Waals surface area contributed by atoms with E-state index in [-0.39, 0.29) is 23.6 Å². The van der Waals surface area contributed by atoms with Gasteiger partial charge in [0, 0.05) is 23.0 Å². The molecule has 0 heterocycles. The second kappa shape index (κ2) is 7.96. The fourth-order valence-corrected chi connectivity index (χ4v) is 3.65. The summed E-state index contributed by atoms with van der Waals surface area (Å²) in [6, 6.07) is 9.37. The average Bonchev–Trinajstić information content (AvgIpc) is 2.52. The van der Waals surface area contributed by atoms with Gasteiger partial charge < -0.3 is 5.32 Å². The molecule has 1 N–H and O–H groups in total. The molecule has 2 rings (SSSR count). The van der Waals surface area contributed by atoms with Crippen LogP contribution in [0, 0.1) is 5.82 Å². The van der Waals surface area contributed by atoms with Crippen molar-refractivity contribution < 1.29 is 17.6 Å². The number of sulfone groups is 1. The normalized spacial score (nSPS) is 11.3. The highest BCUT2D eigenvalue weighted by atomic mass is 35.5. The van der Waals surface area contributed by atoms with Crippen LogP contribution in [-0.2, 0) is 21.2 Å². The lowest BCUT2D eigenvalue weighted by atomic mass is 10.2. The Bertz CT molecular complexity index is 839. The Morgan fingerprint density at radius 1 is 1.08 bits per heavy atom. The molecule has 0 fully saturated rings. The molecule has 0 saturated heterocycles. The predicted octanol–water partition coefficient (Wildman–Crippen LogP) is 3.61. The smallest absolute Gasteiger partial charge is 0.221 e. The minimum Gasteiger partial charge on any atom is -0.352 e. The second-order valence-corrected chi connectivity index (χ2v) is 7.99. The van der Waals surface area contributed by atoms with E-state index in [1.165, 1.54) is 12.1 Å². The monoisotopic (exact) mass is 389 g/mol. The first-order chi connectivity index (χ1) is 11.3. The third-order valence-electron chi connectivity index (χ3n) is 3.26. The van der Waals surface area contributed by atoms with Crippen LogP contribution in [0.2, 0.25) is 10.0 Å². The molecule has 2 aromatic rings. The lowest BCUT2D eigenvalue weighted by Gasteiger charge is -2.08. The largest absolute Gasteiger partial charge is 0.352 e. The Kier molecular flexibility index (Phi) is 6.21. The molecule has 4 nitrogen and oxygen atoms in total. The van der Waals surface area contributed by atoms with Gasteiger partial charge in [0.05, 0.1) is 10.6 Å². The summed E-state index contributed by atoms with van der Waals surface area (Å²) in [5, 5.41) is 3.51. The van der Waals surface area contributed by atoms with Gasteiger partial charge >= 0.3 is 0 Å². The number of benzene rings is 2. The van der Waals surface area contributed by atoms with Gasteiger partial charge in [-0.15, -0.1) is 0 Å². The fourth-order valence-electron chi connectivity index (χ4n) is 1.93. The Balaban J connectivity index is 1.89. The molecule has 0 unspecified atom stereocenters. The molecule has 0 spiro atoms. The molecule has 8 heteroatoms. The first kappa shape index (κ1) is 18.7. The zero-order valence-corrected chi connectivity index (χ0v) is 14.8. The van der Waals surface area contributed by atoms with Crippen molar-refractivity contribution >= 4 is 38.9 Å². The van der Waals surface area contributed by atoms with Crippen LogP contribution in [0.4, 0.5) is 4.39 Å². The summed E-state index contributed by atoms with van der Waals surface area (Å²) in [5.74, 6) is -1.31. The Labute approximate surface area is 149 Å². The van der Waals surface area contributed by atoms with Crippen LogP contribution in [0.5, 0.6) is 0 Å². The molecule has 128 valence electrons. The lowest BCUT2D eigenvalue weighted by Crippen LogP contribution is -2.25. The molecule has 2 aromatic carbocycles. The fraction of sp³-hybridized carbons (Fsp3) is 0.188. The summed E-state index contributed by atoms with van der Waals surface area (Å²) in [6.45, 7) is 0.172. The number of carbonyl (C=O) groups excluding carboxylic acids is 1. The first-order valence-corrected chi connectivity index (χ1v) is 9.38. The van der Waals surface area contributed by atoms with Crippen LogP contribution in [0.15, 0.2) is 47.4 Å². The summed E-state index contributed by atoms with van der Waals surface area (Å²) in [5.41, 5.74) is 0.677. The highest BCUT2D eigenvalue weighted by molar-refractivity contribution is 7.91. The molecule has 0 aliphatic heterocycles. The second-order valence-electron chi connectivity index (χ2n) is 5.04. The van der Waals surface area contributed by atoms with Crippen LogP contribution in [0.1, 0.15) is 12.0 Å². The lowest BCUT2D eigenvalue weighted by molar-refractivity contribution is -0.120. The number of carbonyl (C=O) groups is 1. The van der Waals surface area contributed by atoms with Gasteiger partial charge in [0.15, 0.2) is 9.84 Å². The van der Waals surface area contributed by atoms with E-state index in [0.717, 1.165) is 12.1 Å². The summed E-state index contributed by atoms with van der Waals surface area (Å²) < 4.78 is 37.0. The Morgan fingerprint density at radius 2 is 1.75 bits per heavy atom. The number of halogens is 3. The molecule has 24 heavy (non-hydrogen) atoms. The molecular formula is C16H14Cl2FNO3S. The van der Waals surface area contributed by atoms with Crippen molar-refractivity contribution in [2.75, 3.05) is 5.75 Å². The van der Waals surface area contributed by atoms with Crippen molar-refractivity contribution in [1.29, 1.82) is 0 Å². The van der Waals surface area contributed by atoms with E-state index in [4.69, 9.17) is 23.2 Å². The zero-order valence-electron chi connectivity index (χ0n) is 12.4. The molecule has 0 aliphatic carbocycles. The van der Waals surface area contributed by atoms with Gasteiger partial charge in [0.2, 0.25) is 5.91 Å². The van der Waals surface area contributed by atoms with E-state index in [1.54, 1.807) is 18.2 Å². The van der Waals surface area contributed by atoms with E-state index < -0.39 is 21.6 Å². The van der Waals surface area contributed by atoms with Crippen molar-refractivity contribution in [2.45, 2.75) is 17.9 Å². The van der Waals surface area contributed by atoms with Gasteiger partial charge in [0.25, 0.3) is 0 Å². The molecule has 1 amide bonds. The van der Waals surface area contributed by atoms with E-state index in [2.05, 4.69) is 5.32 Å². The summed E-state index contributed by atoms with van der Waals surface area (Å²) in [4.78, 5) is 11.8. The SMILES string of the molecule is O=C(CCS(=O)(=O)c1ccc(F)cc1)NCc1ccc(Cl)cc1Cl. The van der Waals surface area contributed by atoms with Crippen LogP contribution >= 0.6 is 23.2 Å².